The van der Waals surface area contributed by atoms with Crippen molar-refractivity contribution in [1.29, 1.82) is 0 Å². The SMILES string of the molecule is CCOC(=O)c1cc2cc(Oc3ncnc4cc(OCCCN5CCCCC5)c(OC)cc34)cc(Cl)c2[nH]1. The monoisotopic (exact) mass is 538 g/mol. The highest BCUT2D eigenvalue weighted by molar-refractivity contribution is 6.35. The molecule has 1 fully saturated rings. The third kappa shape index (κ3) is 5.79. The topological polar surface area (TPSA) is 98.8 Å². The third-order valence-electron chi connectivity index (χ3n) is 6.57. The molecule has 0 atom stereocenters. The number of halogens is 1. The van der Waals surface area contributed by atoms with Crippen LogP contribution in [0.25, 0.3) is 21.8 Å². The van der Waals surface area contributed by atoms with Gasteiger partial charge in [0.1, 0.15) is 17.8 Å². The molecule has 3 heterocycles. The highest BCUT2D eigenvalue weighted by Crippen LogP contribution is 2.37. The molecule has 0 amide bonds. The Balaban J connectivity index is 1.34. The van der Waals surface area contributed by atoms with Crippen molar-refractivity contribution in [1.82, 2.24) is 19.9 Å². The van der Waals surface area contributed by atoms with E-state index in [2.05, 4.69) is 19.9 Å². The van der Waals surface area contributed by atoms with Crippen molar-refractivity contribution in [3.63, 3.8) is 0 Å². The number of ether oxygens (including phenoxy) is 4. The van der Waals surface area contributed by atoms with Gasteiger partial charge in [-0.05, 0) is 57.5 Å². The van der Waals surface area contributed by atoms with Gasteiger partial charge in [0.25, 0.3) is 0 Å². The molecule has 0 bridgehead atoms. The van der Waals surface area contributed by atoms with Crippen molar-refractivity contribution in [3.8, 4) is 23.1 Å². The number of carbonyl (C=O) groups is 1. The van der Waals surface area contributed by atoms with E-state index in [0.29, 0.717) is 62.3 Å². The van der Waals surface area contributed by atoms with Gasteiger partial charge < -0.3 is 28.8 Å². The molecule has 38 heavy (non-hydrogen) atoms. The van der Waals surface area contributed by atoms with Gasteiger partial charge in [-0.25, -0.2) is 14.8 Å². The molecule has 0 aliphatic carbocycles. The lowest BCUT2D eigenvalue weighted by molar-refractivity contribution is 0.0520. The van der Waals surface area contributed by atoms with Crippen LogP contribution in [-0.2, 0) is 4.74 Å². The summed E-state index contributed by atoms with van der Waals surface area (Å²) in [6, 6.07) is 8.80. The molecular weight excluding hydrogens is 508 g/mol. The van der Waals surface area contributed by atoms with E-state index in [1.807, 2.05) is 12.1 Å². The summed E-state index contributed by atoms with van der Waals surface area (Å²) in [5.41, 5.74) is 1.61. The van der Waals surface area contributed by atoms with Crippen LogP contribution in [-0.4, -0.2) is 65.8 Å². The quantitative estimate of drug-likeness (QED) is 0.194. The Bertz CT molecular complexity index is 1430. The van der Waals surface area contributed by atoms with Crippen LogP contribution >= 0.6 is 11.6 Å². The highest BCUT2D eigenvalue weighted by atomic mass is 35.5. The standard InChI is InChI=1S/C28H31ClN4O5/c1-3-36-28(34)23-13-18-12-19(14-21(29)26(18)32-23)38-27-20-15-24(35-2)25(16-22(20)30-17-31-27)37-11-7-10-33-8-5-4-6-9-33/h12-17,32H,3-11H2,1-2H3. The Morgan fingerprint density at radius 1 is 1.08 bits per heavy atom. The number of aromatic nitrogens is 3. The van der Waals surface area contributed by atoms with Crippen LogP contribution in [0, 0.1) is 0 Å². The molecular formula is C28H31ClN4O5. The predicted octanol–water partition coefficient (Wildman–Crippen LogP) is 6.00. The number of fused-ring (bicyclic) bond motifs is 2. The number of methoxy groups -OCH3 is 1. The second-order valence-electron chi connectivity index (χ2n) is 9.18. The first-order valence-corrected chi connectivity index (χ1v) is 13.3. The molecule has 200 valence electrons. The minimum Gasteiger partial charge on any atom is -0.493 e. The van der Waals surface area contributed by atoms with Gasteiger partial charge in [0.05, 0.1) is 41.8 Å². The summed E-state index contributed by atoms with van der Waals surface area (Å²) in [6.07, 6.45) is 6.28. The van der Waals surface area contributed by atoms with Crippen molar-refractivity contribution in [3.05, 3.63) is 47.4 Å². The minimum absolute atomic E-state index is 0.284. The van der Waals surface area contributed by atoms with Gasteiger partial charge in [0.15, 0.2) is 11.5 Å². The van der Waals surface area contributed by atoms with Crippen molar-refractivity contribution in [2.24, 2.45) is 0 Å². The number of likely N-dealkylation sites (tertiary alicyclic amines) is 1. The zero-order chi connectivity index (χ0) is 26.5. The van der Waals surface area contributed by atoms with E-state index in [-0.39, 0.29) is 6.61 Å². The van der Waals surface area contributed by atoms with Crippen LogP contribution in [0.3, 0.4) is 0 Å². The molecule has 0 spiro atoms. The molecule has 1 aliphatic rings. The van der Waals surface area contributed by atoms with E-state index in [1.54, 1.807) is 32.2 Å². The van der Waals surface area contributed by atoms with Crippen LogP contribution < -0.4 is 14.2 Å². The Morgan fingerprint density at radius 3 is 2.71 bits per heavy atom. The average molecular weight is 539 g/mol. The van der Waals surface area contributed by atoms with Gasteiger partial charge in [-0.2, -0.15) is 0 Å². The van der Waals surface area contributed by atoms with Gasteiger partial charge >= 0.3 is 5.97 Å². The smallest absolute Gasteiger partial charge is 0.354 e. The maximum absolute atomic E-state index is 12.1. The van der Waals surface area contributed by atoms with E-state index < -0.39 is 5.97 Å². The molecule has 1 saturated heterocycles. The molecule has 2 aromatic heterocycles. The van der Waals surface area contributed by atoms with Crippen molar-refractivity contribution in [2.45, 2.75) is 32.6 Å². The Hall–Kier alpha value is -3.56. The molecule has 0 radical (unpaired) electrons. The van der Waals surface area contributed by atoms with E-state index in [0.717, 1.165) is 13.0 Å². The van der Waals surface area contributed by atoms with Crippen molar-refractivity contribution < 1.29 is 23.7 Å². The number of nitrogens with zero attached hydrogens (tertiary/aromatic N) is 3. The summed E-state index contributed by atoms with van der Waals surface area (Å²) < 4.78 is 22.9. The van der Waals surface area contributed by atoms with E-state index in [1.165, 1.54) is 38.7 Å². The fourth-order valence-corrected chi connectivity index (χ4v) is 4.97. The van der Waals surface area contributed by atoms with Gasteiger partial charge in [-0.15, -0.1) is 0 Å². The summed E-state index contributed by atoms with van der Waals surface area (Å²) in [7, 11) is 1.60. The second-order valence-corrected chi connectivity index (χ2v) is 9.59. The first-order chi connectivity index (χ1) is 18.6. The zero-order valence-electron chi connectivity index (χ0n) is 21.6. The maximum atomic E-state index is 12.1. The van der Waals surface area contributed by atoms with Crippen molar-refractivity contribution in [2.75, 3.05) is 40.0 Å². The fourth-order valence-electron chi connectivity index (χ4n) is 4.71. The summed E-state index contributed by atoms with van der Waals surface area (Å²) in [6.45, 7) is 6.01. The lowest BCUT2D eigenvalue weighted by Gasteiger charge is -2.26. The van der Waals surface area contributed by atoms with Gasteiger partial charge in [-0.1, -0.05) is 18.0 Å². The fraction of sp³-hybridized carbons (Fsp3) is 0.393. The van der Waals surface area contributed by atoms with Crippen LogP contribution in [0.2, 0.25) is 5.02 Å². The second kappa shape index (κ2) is 11.9. The van der Waals surface area contributed by atoms with Crippen molar-refractivity contribution >= 4 is 39.4 Å². The minimum atomic E-state index is -0.444. The van der Waals surface area contributed by atoms with Crippen LogP contribution in [0.4, 0.5) is 0 Å². The number of carbonyl (C=O) groups excluding carboxylic acids is 1. The largest absolute Gasteiger partial charge is 0.493 e. The van der Waals surface area contributed by atoms with Gasteiger partial charge in [0.2, 0.25) is 5.88 Å². The number of piperidine rings is 1. The Labute approximate surface area is 226 Å². The number of nitrogens with one attached hydrogen (secondary N) is 1. The molecule has 1 aliphatic heterocycles. The van der Waals surface area contributed by atoms with Crippen LogP contribution in [0.5, 0.6) is 23.1 Å². The summed E-state index contributed by atoms with van der Waals surface area (Å²) in [5, 5.41) is 1.79. The number of esters is 1. The number of hydrogen-bond donors (Lipinski definition) is 1. The van der Waals surface area contributed by atoms with E-state index in [9.17, 15) is 4.79 Å². The summed E-state index contributed by atoms with van der Waals surface area (Å²) in [4.78, 5) is 26.4. The molecule has 10 heteroatoms. The maximum Gasteiger partial charge on any atom is 0.354 e. The van der Waals surface area contributed by atoms with Crippen LogP contribution in [0.15, 0.2) is 36.7 Å². The Morgan fingerprint density at radius 2 is 1.92 bits per heavy atom. The van der Waals surface area contributed by atoms with Crippen LogP contribution in [0.1, 0.15) is 43.1 Å². The number of H-pyrrole nitrogens is 1. The number of aromatic amines is 1. The molecule has 1 N–H and O–H groups in total. The third-order valence-corrected chi connectivity index (χ3v) is 6.87. The predicted molar refractivity (Wildman–Crippen MR) is 146 cm³/mol. The number of benzene rings is 2. The lowest BCUT2D eigenvalue weighted by atomic mass is 10.1. The first kappa shape index (κ1) is 26.1. The van der Waals surface area contributed by atoms with Gasteiger partial charge in [0, 0.05) is 24.1 Å². The summed E-state index contributed by atoms with van der Waals surface area (Å²) >= 11 is 6.48. The summed E-state index contributed by atoms with van der Waals surface area (Å²) in [5.74, 6) is 1.58. The molecule has 9 nitrogen and oxygen atoms in total. The zero-order valence-corrected chi connectivity index (χ0v) is 22.3. The van der Waals surface area contributed by atoms with E-state index in [4.69, 9.17) is 30.5 Å². The molecule has 2 aromatic carbocycles. The molecule has 4 aromatic rings. The molecule has 5 rings (SSSR count). The van der Waals surface area contributed by atoms with E-state index >= 15 is 0 Å². The normalized spacial score (nSPS) is 14.1. The highest BCUT2D eigenvalue weighted by Gasteiger charge is 2.17. The first-order valence-electron chi connectivity index (χ1n) is 12.9. The average Bonchev–Trinajstić information content (AvgIpc) is 3.37. The number of hydrogen-bond acceptors (Lipinski definition) is 8. The number of rotatable bonds is 10. The van der Waals surface area contributed by atoms with Gasteiger partial charge in [-0.3, -0.25) is 0 Å². The lowest BCUT2D eigenvalue weighted by Crippen LogP contribution is -2.31. The molecule has 0 saturated carbocycles. The molecule has 0 unspecified atom stereocenters. The Kier molecular flexibility index (Phi) is 8.14.